The van der Waals surface area contributed by atoms with Crippen LogP contribution < -0.4 is 4.90 Å². The van der Waals surface area contributed by atoms with Crippen molar-refractivity contribution in [3.63, 3.8) is 0 Å². The Kier molecular flexibility index (Phi) is 7.78. The number of rotatable bonds is 10. The summed E-state index contributed by atoms with van der Waals surface area (Å²) in [5.74, 6) is -0.708. The van der Waals surface area contributed by atoms with Crippen LogP contribution in [0.15, 0.2) is 30.3 Å². The van der Waals surface area contributed by atoms with Crippen LogP contribution in [-0.4, -0.2) is 23.7 Å². The maximum atomic E-state index is 10.7. The predicted molar refractivity (Wildman–Crippen MR) is 84.3 cm³/mol. The van der Waals surface area contributed by atoms with Crippen molar-refractivity contribution >= 4 is 11.7 Å². The summed E-state index contributed by atoms with van der Waals surface area (Å²) < 4.78 is 0. The fraction of sp³-hybridized carbons (Fsp3) is 0.588. The van der Waals surface area contributed by atoms with Gasteiger partial charge in [-0.1, -0.05) is 44.9 Å². The van der Waals surface area contributed by atoms with Crippen LogP contribution in [0.25, 0.3) is 0 Å². The van der Waals surface area contributed by atoms with E-state index < -0.39 is 5.97 Å². The largest absolute Gasteiger partial charge is 0.481 e. The first-order valence-corrected chi connectivity index (χ1v) is 7.72. The van der Waals surface area contributed by atoms with Gasteiger partial charge in [0.15, 0.2) is 0 Å². The number of aliphatic carboxylic acids is 1. The summed E-state index contributed by atoms with van der Waals surface area (Å²) in [5.41, 5.74) is 1.21. The van der Waals surface area contributed by atoms with Gasteiger partial charge in [0.05, 0.1) is 0 Å². The molecule has 0 aromatic heterocycles. The molecule has 0 atom stereocenters. The topological polar surface area (TPSA) is 40.5 Å². The molecule has 112 valence electrons. The summed E-state index contributed by atoms with van der Waals surface area (Å²) in [4.78, 5) is 13.1. The van der Waals surface area contributed by atoms with Crippen molar-refractivity contribution in [2.45, 2.75) is 58.4 Å². The monoisotopic (exact) mass is 277 g/mol. The van der Waals surface area contributed by atoms with E-state index in [1.54, 1.807) is 0 Å². The van der Waals surface area contributed by atoms with E-state index in [2.05, 4.69) is 43.0 Å². The van der Waals surface area contributed by atoms with E-state index in [1.165, 1.54) is 5.69 Å². The van der Waals surface area contributed by atoms with Crippen molar-refractivity contribution in [3.05, 3.63) is 30.3 Å². The van der Waals surface area contributed by atoms with E-state index >= 15 is 0 Å². The number of carboxylic acid groups (broad SMARTS) is 1. The summed E-state index contributed by atoms with van der Waals surface area (Å²) in [6.45, 7) is 5.24. The van der Waals surface area contributed by atoms with Crippen LogP contribution in [0.2, 0.25) is 0 Å². The first kappa shape index (κ1) is 16.5. The minimum absolute atomic E-state index is 0.244. The van der Waals surface area contributed by atoms with Crippen LogP contribution >= 0.6 is 0 Å². The van der Waals surface area contributed by atoms with Crippen molar-refractivity contribution in [2.75, 3.05) is 11.4 Å². The standard InChI is InChI=1S/C17H27NO2/c1-3-9-15(10-4-2)18(14-8-13-17(19)20)16-11-6-5-7-12-16/h5-7,11-12,15H,3-4,8-10,13-14H2,1-2H3,(H,19,20). The molecular formula is C17H27NO2. The minimum Gasteiger partial charge on any atom is -0.481 e. The number of carboxylic acids is 1. The van der Waals surface area contributed by atoms with Crippen molar-refractivity contribution in [2.24, 2.45) is 0 Å². The molecule has 0 heterocycles. The van der Waals surface area contributed by atoms with Gasteiger partial charge < -0.3 is 10.0 Å². The van der Waals surface area contributed by atoms with Crippen LogP contribution in [0.5, 0.6) is 0 Å². The fourth-order valence-corrected chi connectivity index (χ4v) is 2.67. The lowest BCUT2D eigenvalue weighted by molar-refractivity contribution is -0.137. The molecule has 1 N–H and O–H groups in total. The number of hydrogen-bond acceptors (Lipinski definition) is 2. The van der Waals surface area contributed by atoms with Gasteiger partial charge in [-0.05, 0) is 31.4 Å². The van der Waals surface area contributed by atoms with Crippen LogP contribution in [-0.2, 0) is 4.79 Å². The highest BCUT2D eigenvalue weighted by atomic mass is 16.4. The zero-order valence-corrected chi connectivity index (χ0v) is 12.7. The van der Waals surface area contributed by atoms with E-state index in [4.69, 9.17) is 5.11 Å². The summed E-state index contributed by atoms with van der Waals surface area (Å²) in [6.07, 6.45) is 5.59. The van der Waals surface area contributed by atoms with Gasteiger partial charge in [0.2, 0.25) is 0 Å². The molecule has 0 amide bonds. The molecule has 1 aromatic carbocycles. The highest BCUT2D eigenvalue weighted by Crippen LogP contribution is 2.22. The Hall–Kier alpha value is -1.51. The lowest BCUT2D eigenvalue weighted by Crippen LogP contribution is -2.36. The van der Waals surface area contributed by atoms with Gasteiger partial charge in [-0.2, -0.15) is 0 Å². The molecule has 3 heteroatoms. The third-order valence-electron chi connectivity index (χ3n) is 3.56. The van der Waals surface area contributed by atoms with E-state index in [0.717, 1.165) is 32.2 Å². The summed E-state index contributed by atoms with van der Waals surface area (Å²) in [5, 5.41) is 8.82. The van der Waals surface area contributed by atoms with Crippen LogP contribution in [0.3, 0.4) is 0 Å². The highest BCUT2D eigenvalue weighted by molar-refractivity contribution is 5.66. The quantitative estimate of drug-likeness (QED) is 0.692. The average molecular weight is 277 g/mol. The van der Waals surface area contributed by atoms with Crippen molar-refractivity contribution in [1.82, 2.24) is 0 Å². The van der Waals surface area contributed by atoms with Gasteiger partial charge in [-0.3, -0.25) is 4.79 Å². The van der Waals surface area contributed by atoms with Crippen molar-refractivity contribution < 1.29 is 9.90 Å². The molecule has 0 radical (unpaired) electrons. The SMILES string of the molecule is CCCC(CCC)N(CCCC(=O)O)c1ccccc1. The number of anilines is 1. The second kappa shape index (κ2) is 9.40. The van der Waals surface area contributed by atoms with Gasteiger partial charge in [-0.25, -0.2) is 0 Å². The molecule has 0 spiro atoms. The van der Waals surface area contributed by atoms with Crippen LogP contribution in [0.4, 0.5) is 5.69 Å². The van der Waals surface area contributed by atoms with E-state index in [-0.39, 0.29) is 6.42 Å². The van der Waals surface area contributed by atoms with E-state index in [9.17, 15) is 4.79 Å². The number of hydrogen-bond donors (Lipinski definition) is 1. The third-order valence-corrected chi connectivity index (χ3v) is 3.56. The van der Waals surface area contributed by atoms with Gasteiger partial charge in [0.1, 0.15) is 0 Å². The molecular weight excluding hydrogens is 250 g/mol. The normalized spacial score (nSPS) is 10.8. The van der Waals surface area contributed by atoms with Gasteiger partial charge >= 0.3 is 5.97 Å². The van der Waals surface area contributed by atoms with Gasteiger partial charge in [0, 0.05) is 24.7 Å². The molecule has 0 bridgehead atoms. The molecule has 0 saturated heterocycles. The molecule has 1 rings (SSSR count). The van der Waals surface area contributed by atoms with E-state index in [0.29, 0.717) is 12.5 Å². The molecule has 20 heavy (non-hydrogen) atoms. The number of nitrogens with zero attached hydrogens (tertiary/aromatic N) is 1. The van der Waals surface area contributed by atoms with Gasteiger partial charge in [0.25, 0.3) is 0 Å². The fourth-order valence-electron chi connectivity index (χ4n) is 2.67. The predicted octanol–water partition coefficient (Wildman–Crippen LogP) is 4.33. The molecule has 3 nitrogen and oxygen atoms in total. The summed E-state index contributed by atoms with van der Waals surface area (Å²) >= 11 is 0. The Morgan fingerprint density at radius 3 is 2.25 bits per heavy atom. The zero-order valence-electron chi connectivity index (χ0n) is 12.7. The number of para-hydroxylation sites is 1. The summed E-state index contributed by atoms with van der Waals surface area (Å²) in [7, 11) is 0. The molecule has 0 aliphatic carbocycles. The van der Waals surface area contributed by atoms with E-state index in [1.807, 2.05) is 6.07 Å². The molecule has 0 unspecified atom stereocenters. The Labute approximate surface area is 122 Å². The lowest BCUT2D eigenvalue weighted by atomic mass is 10.0. The molecule has 0 fully saturated rings. The average Bonchev–Trinajstić information content (AvgIpc) is 2.44. The second-order valence-corrected chi connectivity index (χ2v) is 5.26. The Morgan fingerprint density at radius 2 is 1.75 bits per heavy atom. The zero-order chi connectivity index (χ0) is 14.8. The van der Waals surface area contributed by atoms with Crippen LogP contribution in [0.1, 0.15) is 52.4 Å². The smallest absolute Gasteiger partial charge is 0.303 e. The first-order valence-electron chi connectivity index (χ1n) is 7.72. The first-order chi connectivity index (χ1) is 9.69. The van der Waals surface area contributed by atoms with Gasteiger partial charge in [-0.15, -0.1) is 0 Å². The summed E-state index contributed by atoms with van der Waals surface area (Å²) in [6, 6.07) is 10.9. The Balaban J connectivity index is 2.78. The lowest BCUT2D eigenvalue weighted by Gasteiger charge is -2.34. The molecule has 0 aliphatic heterocycles. The Bertz CT molecular complexity index is 372. The second-order valence-electron chi connectivity index (χ2n) is 5.26. The molecule has 0 aliphatic rings. The van der Waals surface area contributed by atoms with Crippen molar-refractivity contribution in [1.29, 1.82) is 0 Å². The number of carbonyl (C=O) groups is 1. The molecule has 1 aromatic rings. The highest BCUT2D eigenvalue weighted by Gasteiger charge is 2.17. The molecule has 0 saturated carbocycles. The minimum atomic E-state index is -0.708. The Morgan fingerprint density at radius 1 is 1.15 bits per heavy atom. The van der Waals surface area contributed by atoms with Crippen molar-refractivity contribution in [3.8, 4) is 0 Å². The van der Waals surface area contributed by atoms with Crippen LogP contribution in [0, 0.1) is 0 Å². The maximum Gasteiger partial charge on any atom is 0.303 e. The number of benzene rings is 1. The third kappa shape index (κ3) is 5.64. The maximum absolute atomic E-state index is 10.7.